The summed E-state index contributed by atoms with van der Waals surface area (Å²) in [5, 5.41) is 0. The number of hydrogen-bond acceptors (Lipinski definition) is 2. The predicted molar refractivity (Wildman–Crippen MR) is 71.1 cm³/mol. The van der Waals surface area contributed by atoms with Gasteiger partial charge in [0, 0.05) is 0 Å². The van der Waals surface area contributed by atoms with Crippen LogP contribution < -0.4 is 0 Å². The van der Waals surface area contributed by atoms with Gasteiger partial charge < -0.3 is 4.74 Å². The quantitative estimate of drug-likeness (QED) is 0.234. The monoisotopic (exact) mass is 534 g/mol. The maximum Gasteiger partial charge on any atom is 0.460 e. The molecule has 0 heterocycles. The highest BCUT2D eigenvalue weighted by molar-refractivity contribution is 5.71. The van der Waals surface area contributed by atoms with E-state index in [-0.39, 0.29) is 6.42 Å². The minimum Gasteiger partial charge on any atom is -0.459 e. The van der Waals surface area contributed by atoms with Crippen LogP contribution >= 0.6 is 0 Å². The normalized spacial score (nSPS) is 16.6. The van der Waals surface area contributed by atoms with Crippen LogP contribution in [0.4, 0.5) is 74.6 Å². The molecule has 1 unspecified atom stereocenters. The van der Waals surface area contributed by atoms with Crippen molar-refractivity contribution in [1.29, 1.82) is 0 Å². The highest BCUT2D eigenvalue weighted by Crippen LogP contribution is 2.63. The molecule has 0 amide bonds. The Labute approximate surface area is 172 Å². The summed E-state index contributed by atoms with van der Waals surface area (Å²) in [4.78, 5) is 11.1. The van der Waals surface area contributed by atoms with E-state index in [1.165, 1.54) is 6.92 Å². The molecule has 0 saturated carbocycles. The van der Waals surface area contributed by atoms with Gasteiger partial charge in [-0.2, -0.15) is 74.6 Å². The number of ether oxygens (including phenoxy) is 1. The van der Waals surface area contributed by atoms with Gasteiger partial charge >= 0.3 is 53.6 Å². The Kier molecular flexibility index (Phi) is 8.05. The molecule has 19 heteroatoms. The largest absolute Gasteiger partial charge is 0.460 e. The molecule has 0 bridgehead atoms. The van der Waals surface area contributed by atoms with Gasteiger partial charge in [-0.25, -0.2) is 0 Å². The molecular formula is C14H11F17O2. The molecule has 0 aliphatic carbocycles. The highest BCUT2D eigenvalue weighted by atomic mass is 19.4. The highest BCUT2D eigenvalue weighted by Gasteiger charge is 2.95. The summed E-state index contributed by atoms with van der Waals surface area (Å²) in [5.41, 5.74) is 0. The zero-order chi connectivity index (χ0) is 27.3. The van der Waals surface area contributed by atoms with Crippen LogP contribution in [-0.4, -0.2) is 60.2 Å². The third-order valence-electron chi connectivity index (χ3n) is 4.20. The van der Waals surface area contributed by atoms with E-state index in [1.54, 1.807) is 0 Å². The summed E-state index contributed by atoms with van der Waals surface area (Å²) < 4.78 is 225. The minimum atomic E-state index is -8.69. The molecule has 0 aliphatic heterocycles. The Balaban J connectivity index is 6.45. The van der Waals surface area contributed by atoms with Crippen LogP contribution in [0.15, 0.2) is 0 Å². The summed E-state index contributed by atoms with van der Waals surface area (Å²) in [7, 11) is 0. The number of hydrogen-bond donors (Lipinski definition) is 0. The molecule has 0 rings (SSSR count). The van der Waals surface area contributed by atoms with Crippen molar-refractivity contribution in [3.05, 3.63) is 0 Å². The van der Waals surface area contributed by atoms with Gasteiger partial charge in [0.05, 0.1) is 5.92 Å². The summed E-state index contributed by atoms with van der Waals surface area (Å²) in [6.07, 6.45) is -8.04. The number of carbonyl (C=O) groups is 1. The average molecular weight is 534 g/mol. The molecule has 1 atom stereocenters. The van der Waals surface area contributed by atoms with Crippen molar-refractivity contribution in [3.63, 3.8) is 0 Å². The lowest BCUT2D eigenvalue weighted by Crippen LogP contribution is -2.74. The molecule has 0 spiro atoms. The smallest absolute Gasteiger partial charge is 0.459 e. The van der Waals surface area contributed by atoms with Gasteiger partial charge in [-0.1, -0.05) is 13.8 Å². The van der Waals surface area contributed by atoms with Gasteiger partial charge in [0.15, 0.2) is 6.61 Å². The number of carbonyl (C=O) groups excluding carboxylic acids is 1. The van der Waals surface area contributed by atoms with Crippen LogP contribution in [-0.2, 0) is 9.53 Å². The third kappa shape index (κ3) is 4.51. The van der Waals surface area contributed by atoms with Crippen LogP contribution in [0.1, 0.15) is 20.3 Å². The van der Waals surface area contributed by atoms with Crippen LogP contribution in [0, 0.1) is 5.92 Å². The Bertz CT molecular complexity index is 709. The molecule has 198 valence electrons. The van der Waals surface area contributed by atoms with Crippen molar-refractivity contribution in [2.24, 2.45) is 5.92 Å². The lowest BCUT2D eigenvalue weighted by atomic mass is 9.89. The van der Waals surface area contributed by atoms with Gasteiger partial charge in [0.1, 0.15) is 0 Å². The topological polar surface area (TPSA) is 26.3 Å². The lowest BCUT2D eigenvalue weighted by molar-refractivity contribution is -0.462. The summed E-state index contributed by atoms with van der Waals surface area (Å²) in [6.45, 7) is -1.12. The van der Waals surface area contributed by atoms with E-state index >= 15 is 0 Å². The molecule has 33 heavy (non-hydrogen) atoms. The van der Waals surface area contributed by atoms with Crippen LogP contribution in [0.2, 0.25) is 0 Å². The second kappa shape index (κ2) is 8.49. The second-order valence-corrected chi connectivity index (χ2v) is 6.57. The third-order valence-corrected chi connectivity index (χ3v) is 4.20. The number of halogens is 17. The van der Waals surface area contributed by atoms with Crippen molar-refractivity contribution in [2.75, 3.05) is 6.61 Å². The molecular weight excluding hydrogens is 523 g/mol. The van der Waals surface area contributed by atoms with E-state index in [0.717, 1.165) is 6.92 Å². The summed E-state index contributed by atoms with van der Waals surface area (Å²) in [6, 6.07) is 0. The van der Waals surface area contributed by atoms with E-state index in [4.69, 9.17) is 0 Å². The Hall–Kier alpha value is -1.72. The van der Waals surface area contributed by atoms with Gasteiger partial charge in [-0.15, -0.1) is 0 Å². The first-order valence-corrected chi connectivity index (χ1v) is 7.99. The van der Waals surface area contributed by atoms with Gasteiger partial charge in [-0.3, -0.25) is 4.79 Å². The molecule has 0 aromatic heterocycles. The van der Waals surface area contributed by atoms with Crippen molar-refractivity contribution < 1.29 is 84.2 Å². The zero-order valence-corrected chi connectivity index (χ0v) is 15.7. The molecule has 0 aromatic carbocycles. The zero-order valence-electron chi connectivity index (χ0n) is 15.7. The molecule has 0 aliphatic rings. The van der Waals surface area contributed by atoms with Crippen LogP contribution in [0.25, 0.3) is 0 Å². The fraction of sp³-hybridized carbons (Fsp3) is 0.929. The minimum absolute atomic E-state index is 0.232. The molecule has 2 nitrogen and oxygen atoms in total. The molecule has 0 aromatic rings. The maximum absolute atomic E-state index is 13.5. The average Bonchev–Trinajstić information content (AvgIpc) is 2.63. The van der Waals surface area contributed by atoms with Gasteiger partial charge in [0.2, 0.25) is 0 Å². The van der Waals surface area contributed by atoms with Crippen LogP contribution in [0.3, 0.4) is 0 Å². The van der Waals surface area contributed by atoms with E-state index in [2.05, 4.69) is 4.74 Å². The predicted octanol–water partition coefficient (Wildman–Crippen LogP) is 6.59. The standard InChI is InChI=1S/C14H11F17O2/c1-3-5(2)6(32)33-4-7(15,16)8(17,18)9(19,20)10(21,22)11(23,24)12(25,26)13(27,28)14(29,30)31/h5H,3-4H2,1-2H3. The lowest BCUT2D eigenvalue weighted by Gasteiger charge is -2.42. The van der Waals surface area contributed by atoms with Gasteiger partial charge in [0.25, 0.3) is 0 Å². The Morgan fingerprint density at radius 2 is 0.909 bits per heavy atom. The van der Waals surface area contributed by atoms with Crippen molar-refractivity contribution >= 4 is 5.97 Å². The fourth-order valence-electron chi connectivity index (χ4n) is 1.76. The fourth-order valence-corrected chi connectivity index (χ4v) is 1.76. The number of rotatable bonds is 10. The van der Waals surface area contributed by atoms with Crippen molar-refractivity contribution in [1.82, 2.24) is 0 Å². The summed E-state index contributed by atoms with van der Waals surface area (Å²) in [5.74, 6) is -60.3. The maximum atomic E-state index is 13.5. The molecule has 0 fully saturated rings. The first-order valence-electron chi connectivity index (χ1n) is 7.99. The van der Waals surface area contributed by atoms with Crippen molar-refractivity contribution in [2.45, 2.75) is 67.9 Å². The summed E-state index contributed by atoms with van der Waals surface area (Å²) >= 11 is 0. The molecule has 0 radical (unpaired) electrons. The Morgan fingerprint density at radius 3 is 1.21 bits per heavy atom. The second-order valence-electron chi connectivity index (χ2n) is 6.57. The van der Waals surface area contributed by atoms with Crippen molar-refractivity contribution in [3.8, 4) is 0 Å². The van der Waals surface area contributed by atoms with E-state index in [9.17, 15) is 79.4 Å². The molecule has 0 N–H and O–H groups in total. The molecule has 0 saturated heterocycles. The van der Waals surface area contributed by atoms with E-state index < -0.39 is 66.1 Å². The first kappa shape index (κ1) is 31.3. The first-order chi connectivity index (χ1) is 14.1. The van der Waals surface area contributed by atoms with E-state index in [0.29, 0.717) is 0 Å². The number of esters is 1. The SMILES string of the molecule is CCC(C)C(=O)OCC(F)(F)C(F)(F)C(F)(F)C(F)(F)C(F)(F)C(F)(F)C(F)(F)C(F)(F)F. The van der Waals surface area contributed by atoms with E-state index in [1.807, 2.05) is 0 Å². The Morgan fingerprint density at radius 1 is 0.606 bits per heavy atom. The van der Waals surface area contributed by atoms with Crippen LogP contribution in [0.5, 0.6) is 0 Å². The number of alkyl halides is 17. The van der Waals surface area contributed by atoms with Gasteiger partial charge in [-0.05, 0) is 6.42 Å².